The van der Waals surface area contributed by atoms with E-state index in [1.807, 2.05) is 36.1 Å². The minimum Gasteiger partial charge on any atom is -0.342 e. The molecule has 4 heteroatoms. The van der Waals surface area contributed by atoms with Gasteiger partial charge in [-0.15, -0.1) is 0 Å². The summed E-state index contributed by atoms with van der Waals surface area (Å²) < 4.78 is 0. The van der Waals surface area contributed by atoms with Crippen LogP contribution in [0.3, 0.4) is 0 Å². The SMILES string of the molecule is CC(N)C1CCN(C(=O)Cc2ccccc2Cl)C1. The van der Waals surface area contributed by atoms with Crippen LogP contribution in [0.25, 0.3) is 0 Å². The zero-order valence-corrected chi connectivity index (χ0v) is 11.4. The summed E-state index contributed by atoms with van der Waals surface area (Å²) in [5.74, 6) is 0.575. The highest BCUT2D eigenvalue weighted by atomic mass is 35.5. The second kappa shape index (κ2) is 5.72. The average molecular weight is 267 g/mol. The Hall–Kier alpha value is -1.06. The van der Waals surface area contributed by atoms with Gasteiger partial charge in [0.15, 0.2) is 0 Å². The Labute approximate surface area is 113 Å². The predicted molar refractivity (Wildman–Crippen MR) is 73.5 cm³/mol. The molecule has 0 bridgehead atoms. The Morgan fingerprint density at radius 2 is 2.28 bits per heavy atom. The number of carbonyl (C=O) groups is 1. The van der Waals surface area contributed by atoms with Gasteiger partial charge < -0.3 is 10.6 Å². The fourth-order valence-corrected chi connectivity index (χ4v) is 2.56. The van der Waals surface area contributed by atoms with Crippen LogP contribution in [0.1, 0.15) is 18.9 Å². The Balaban J connectivity index is 1.96. The molecular weight excluding hydrogens is 248 g/mol. The third kappa shape index (κ3) is 3.03. The molecule has 1 fully saturated rings. The molecule has 3 nitrogen and oxygen atoms in total. The summed E-state index contributed by atoms with van der Waals surface area (Å²) in [7, 11) is 0. The molecule has 0 aliphatic carbocycles. The predicted octanol–water partition coefficient (Wildman–Crippen LogP) is 2.08. The van der Waals surface area contributed by atoms with Gasteiger partial charge in [0.25, 0.3) is 0 Å². The van der Waals surface area contributed by atoms with E-state index in [0.29, 0.717) is 17.4 Å². The lowest BCUT2D eigenvalue weighted by Crippen LogP contribution is -2.33. The molecule has 1 aliphatic rings. The lowest BCUT2D eigenvalue weighted by Gasteiger charge is -2.18. The van der Waals surface area contributed by atoms with Crippen LogP contribution in [0.15, 0.2) is 24.3 Å². The molecule has 0 radical (unpaired) electrons. The summed E-state index contributed by atoms with van der Waals surface area (Å²) in [6.45, 7) is 3.60. The third-order valence-corrected chi connectivity index (χ3v) is 3.99. The van der Waals surface area contributed by atoms with Crippen LogP contribution in [0.4, 0.5) is 0 Å². The molecule has 2 atom stereocenters. The van der Waals surface area contributed by atoms with Crippen LogP contribution < -0.4 is 5.73 Å². The quantitative estimate of drug-likeness (QED) is 0.911. The number of hydrogen-bond donors (Lipinski definition) is 1. The number of nitrogens with zero attached hydrogens (tertiary/aromatic N) is 1. The molecule has 1 heterocycles. The molecular formula is C14H19ClN2O. The Morgan fingerprint density at radius 3 is 2.89 bits per heavy atom. The number of benzene rings is 1. The molecule has 0 aromatic heterocycles. The number of nitrogens with two attached hydrogens (primary N) is 1. The van der Waals surface area contributed by atoms with Crippen molar-refractivity contribution in [3.63, 3.8) is 0 Å². The van der Waals surface area contributed by atoms with E-state index < -0.39 is 0 Å². The first-order valence-corrected chi connectivity index (χ1v) is 6.72. The van der Waals surface area contributed by atoms with Crippen molar-refractivity contribution in [2.24, 2.45) is 11.7 Å². The first-order chi connectivity index (χ1) is 8.58. The van der Waals surface area contributed by atoms with Crippen molar-refractivity contribution in [3.8, 4) is 0 Å². The molecule has 98 valence electrons. The topological polar surface area (TPSA) is 46.3 Å². The molecule has 2 rings (SSSR count). The van der Waals surface area contributed by atoms with Gasteiger partial charge in [0.1, 0.15) is 0 Å². The van der Waals surface area contributed by atoms with E-state index in [-0.39, 0.29) is 11.9 Å². The van der Waals surface area contributed by atoms with Crippen molar-refractivity contribution in [2.75, 3.05) is 13.1 Å². The van der Waals surface area contributed by atoms with Gasteiger partial charge in [-0.1, -0.05) is 29.8 Å². The number of carbonyl (C=O) groups excluding carboxylic acids is 1. The van der Waals surface area contributed by atoms with E-state index >= 15 is 0 Å². The second-order valence-electron chi connectivity index (χ2n) is 5.02. The molecule has 1 amide bonds. The second-order valence-corrected chi connectivity index (χ2v) is 5.42. The summed E-state index contributed by atoms with van der Waals surface area (Å²) in [5.41, 5.74) is 6.77. The monoisotopic (exact) mass is 266 g/mol. The average Bonchev–Trinajstić information content (AvgIpc) is 2.81. The number of rotatable bonds is 3. The molecule has 2 N–H and O–H groups in total. The molecule has 18 heavy (non-hydrogen) atoms. The normalized spacial score (nSPS) is 21.1. The van der Waals surface area contributed by atoms with Gasteiger partial charge in [0.05, 0.1) is 6.42 Å². The van der Waals surface area contributed by atoms with Crippen LogP contribution in [-0.4, -0.2) is 29.9 Å². The Bertz CT molecular complexity index is 434. The smallest absolute Gasteiger partial charge is 0.227 e. The third-order valence-electron chi connectivity index (χ3n) is 3.62. The number of halogens is 1. The summed E-state index contributed by atoms with van der Waals surface area (Å²) in [6, 6.07) is 7.66. The van der Waals surface area contributed by atoms with Crippen molar-refractivity contribution in [1.82, 2.24) is 4.90 Å². The summed E-state index contributed by atoms with van der Waals surface area (Å²) in [6.07, 6.45) is 1.39. The van der Waals surface area contributed by atoms with Gasteiger partial charge in [0.2, 0.25) is 5.91 Å². The molecule has 1 aromatic rings. The van der Waals surface area contributed by atoms with Crippen LogP contribution in [-0.2, 0) is 11.2 Å². The summed E-state index contributed by atoms with van der Waals surface area (Å²) >= 11 is 6.06. The molecule has 2 unspecified atom stereocenters. The van der Waals surface area contributed by atoms with Crippen LogP contribution in [0.5, 0.6) is 0 Å². The maximum Gasteiger partial charge on any atom is 0.227 e. The van der Waals surface area contributed by atoms with Crippen molar-refractivity contribution in [3.05, 3.63) is 34.9 Å². The minimum atomic E-state index is 0.145. The van der Waals surface area contributed by atoms with Gasteiger partial charge in [-0.05, 0) is 30.9 Å². The summed E-state index contributed by atoms with van der Waals surface area (Å²) in [5, 5.41) is 0.661. The van der Waals surface area contributed by atoms with E-state index in [2.05, 4.69) is 0 Å². The van der Waals surface area contributed by atoms with E-state index in [1.54, 1.807) is 0 Å². The highest BCUT2D eigenvalue weighted by Crippen LogP contribution is 2.21. The van der Waals surface area contributed by atoms with Crippen LogP contribution in [0, 0.1) is 5.92 Å². The van der Waals surface area contributed by atoms with Gasteiger partial charge in [0, 0.05) is 24.2 Å². The van der Waals surface area contributed by atoms with Crippen molar-refractivity contribution in [1.29, 1.82) is 0 Å². The van der Waals surface area contributed by atoms with Gasteiger partial charge in [-0.25, -0.2) is 0 Å². The first-order valence-electron chi connectivity index (χ1n) is 6.34. The van der Waals surface area contributed by atoms with E-state index in [1.165, 1.54) is 0 Å². The Kier molecular flexibility index (Phi) is 4.25. The zero-order chi connectivity index (χ0) is 13.1. The zero-order valence-electron chi connectivity index (χ0n) is 10.6. The maximum absolute atomic E-state index is 12.2. The van der Waals surface area contributed by atoms with Gasteiger partial charge >= 0.3 is 0 Å². The minimum absolute atomic E-state index is 0.145. The van der Waals surface area contributed by atoms with Crippen LogP contribution >= 0.6 is 11.6 Å². The maximum atomic E-state index is 12.2. The number of hydrogen-bond acceptors (Lipinski definition) is 2. The molecule has 1 aromatic carbocycles. The van der Waals surface area contributed by atoms with Crippen molar-refractivity contribution >= 4 is 17.5 Å². The molecule has 0 saturated carbocycles. The van der Waals surface area contributed by atoms with Gasteiger partial charge in [-0.2, -0.15) is 0 Å². The lowest BCUT2D eigenvalue weighted by molar-refractivity contribution is -0.129. The van der Waals surface area contributed by atoms with Crippen molar-refractivity contribution < 1.29 is 4.79 Å². The van der Waals surface area contributed by atoms with Crippen molar-refractivity contribution in [2.45, 2.75) is 25.8 Å². The highest BCUT2D eigenvalue weighted by Gasteiger charge is 2.28. The largest absolute Gasteiger partial charge is 0.342 e. The lowest BCUT2D eigenvalue weighted by atomic mass is 10.0. The van der Waals surface area contributed by atoms with E-state index in [9.17, 15) is 4.79 Å². The standard InChI is InChI=1S/C14H19ClN2O/c1-10(16)12-6-7-17(9-12)14(18)8-11-4-2-3-5-13(11)15/h2-5,10,12H,6-9,16H2,1H3. The highest BCUT2D eigenvalue weighted by molar-refractivity contribution is 6.31. The Morgan fingerprint density at radius 1 is 1.56 bits per heavy atom. The summed E-state index contributed by atoms with van der Waals surface area (Å²) in [4.78, 5) is 14.1. The fourth-order valence-electron chi connectivity index (χ4n) is 2.36. The molecule has 0 spiro atoms. The first kappa shape index (κ1) is 13.4. The van der Waals surface area contributed by atoms with E-state index in [4.69, 9.17) is 17.3 Å². The number of likely N-dealkylation sites (tertiary alicyclic amines) is 1. The fraction of sp³-hybridized carbons (Fsp3) is 0.500. The van der Waals surface area contributed by atoms with Crippen LogP contribution in [0.2, 0.25) is 5.02 Å². The number of amides is 1. The molecule has 1 saturated heterocycles. The van der Waals surface area contributed by atoms with E-state index in [0.717, 1.165) is 25.1 Å². The van der Waals surface area contributed by atoms with Gasteiger partial charge in [-0.3, -0.25) is 4.79 Å². The molecule has 1 aliphatic heterocycles.